The lowest BCUT2D eigenvalue weighted by molar-refractivity contribution is 0.625. The zero-order valence-electron chi connectivity index (χ0n) is 29.1. The second-order valence-corrected chi connectivity index (χ2v) is 9.38. The van der Waals surface area contributed by atoms with E-state index in [-0.39, 0.29) is 5.41 Å². The summed E-state index contributed by atoms with van der Waals surface area (Å²) in [5.74, 6) is 0. The molecular formula is C39H70. The highest BCUT2D eigenvalue weighted by molar-refractivity contribution is 5.47. The highest BCUT2D eigenvalue weighted by Gasteiger charge is 2.20. The fraction of sp³-hybridized carbons (Fsp3) is 0.538. The van der Waals surface area contributed by atoms with Crippen molar-refractivity contribution in [2.24, 2.45) is 0 Å². The van der Waals surface area contributed by atoms with Crippen molar-refractivity contribution in [2.75, 3.05) is 0 Å². The van der Waals surface area contributed by atoms with Gasteiger partial charge in [0.15, 0.2) is 0 Å². The third kappa shape index (κ3) is 30.1. The summed E-state index contributed by atoms with van der Waals surface area (Å²) in [6.45, 7) is 40.6. The number of hydrogen-bond donors (Lipinski definition) is 0. The molecule has 2 aromatic rings. The zero-order valence-corrected chi connectivity index (χ0v) is 29.1. The summed E-state index contributed by atoms with van der Waals surface area (Å²) in [4.78, 5) is 0. The molecule has 0 unspecified atom stereocenters. The summed E-state index contributed by atoms with van der Waals surface area (Å²) in [5, 5.41) is 0. The van der Waals surface area contributed by atoms with Gasteiger partial charge >= 0.3 is 0 Å². The largest absolute Gasteiger partial charge is 0.103 e. The van der Waals surface area contributed by atoms with E-state index < -0.39 is 0 Å². The first kappa shape index (κ1) is 46.5. The Bertz CT molecular complexity index is 768. The molecule has 0 atom stereocenters. The van der Waals surface area contributed by atoms with Crippen LogP contribution < -0.4 is 0 Å². The molecule has 0 N–H and O–H groups in total. The van der Waals surface area contributed by atoms with Crippen LogP contribution >= 0.6 is 0 Å². The summed E-state index contributed by atoms with van der Waals surface area (Å²) < 4.78 is 0. The fourth-order valence-corrected chi connectivity index (χ4v) is 2.44. The molecule has 0 radical (unpaired) electrons. The van der Waals surface area contributed by atoms with Gasteiger partial charge in [-0.25, -0.2) is 0 Å². The Morgan fingerprint density at radius 2 is 1.18 bits per heavy atom. The molecule has 2 rings (SSSR count). The van der Waals surface area contributed by atoms with E-state index in [1.807, 2.05) is 40.7 Å². The van der Waals surface area contributed by atoms with E-state index in [9.17, 15) is 0 Å². The van der Waals surface area contributed by atoms with E-state index in [1.54, 1.807) is 6.08 Å². The average molecular weight is 539 g/mol. The molecule has 2 aromatic carbocycles. The van der Waals surface area contributed by atoms with Gasteiger partial charge in [-0.1, -0.05) is 193 Å². The normalized spacial score (nSPS) is 8.67. The summed E-state index contributed by atoms with van der Waals surface area (Å²) in [6, 6.07) is 17.1. The molecule has 0 saturated carbocycles. The van der Waals surface area contributed by atoms with Crippen LogP contribution in [-0.2, 0) is 11.8 Å². The summed E-state index contributed by atoms with van der Waals surface area (Å²) >= 11 is 0. The topological polar surface area (TPSA) is 0 Å². The molecule has 226 valence electrons. The Kier molecular flexibility index (Phi) is 42.5. The van der Waals surface area contributed by atoms with Crippen LogP contribution in [0.3, 0.4) is 0 Å². The van der Waals surface area contributed by atoms with Crippen LogP contribution in [0, 0.1) is 6.92 Å². The predicted octanol–water partition coefficient (Wildman–Crippen LogP) is 14.0. The maximum atomic E-state index is 4.03. The molecule has 0 fully saturated rings. The second-order valence-electron chi connectivity index (χ2n) is 9.38. The van der Waals surface area contributed by atoms with Crippen LogP contribution in [0.15, 0.2) is 79.9 Å². The molecule has 0 aliphatic carbocycles. The number of unbranched alkanes of at least 4 members (excludes halogenated alkanes) is 2. The molecule has 0 aliphatic heterocycles. The third-order valence-electron chi connectivity index (χ3n) is 5.53. The maximum absolute atomic E-state index is 4.03. The van der Waals surface area contributed by atoms with Crippen LogP contribution in [0.1, 0.15) is 144 Å². The summed E-state index contributed by atoms with van der Waals surface area (Å²) in [5.41, 5.74) is 6.58. The van der Waals surface area contributed by atoms with E-state index in [0.29, 0.717) is 0 Å². The van der Waals surface area contributed by atoms with Gasteiger partial charge in [-0.2, -0.15) is 0 Å². The van der Waals surface area contributed by atoms with Crippen molar-refractivity contribution in [3.63, 3.8) is 0 Å². The van der Waals surface area contributed by atoms with Gasteiger partial charge in [-0.3, -0.25) is 0 Å². The van der Waals surface area contributed by atoms with Crippen LogP contribution in [0.25, 0.3) is 6.08 Å². The van der Waals surface area contributed by atoms with Crippen LogP contribution in [-0.4, -0.2) is 0 Å². The Balaban J connectivity index is -0.000000133. The standard InChI is InChI=1S/C13H18.C11H14.2C4H10.C3H6.2C2H6/c1-10(2)13(4,5)12-8-6-7-11(3)9-12;1-3-6-11-8-5-7-10(4-2)9-11;2*1-3-4-2;1-3-2;2*1-2/h6-9H,1H2,2-5H3;4-5,7-9H,2-3,6H2,1H3;2*3-4H2,1-2H3;3H,1H2,2H3;2*1-2H3. The zero-order chi connectivity index (χ0) is 31.7. The number of benzene rings is 2. The highest BCUT2D eigenvalue weighted by Crippen LogP contribution is 2.30. The first-order chi connectivity index (χ1) is 18.5. The molecule has 0 heterocycles. The maximum Gasteiger partial charge on any atom is 0.00997 e. The van der Waals surface area contributed by atoms with Crippen molar-refractivity contribution < 1.29 is 0 Å². The van der Waals surface area contributed by atoms with Crippen molar-refractivity contribution in [1.29, 1.82) is 0 Å². The molecule has 0 heteroatoms. The third-order valence-corrected chi connectivity index (χ3v) is 5.53. The SMILES string of the molecule is C=C(C)C(C)(C)c1cccc(C)c1.C=CC.C=Cc1cccc(CCC)c1.CC.CC.CCCC.CCCC. The van der Waals surface area contributed by atoms with Crippen molar-refractivity contribution in [2.45, 2.75) is 141 Å². The molecule has 0 amide bonds. The lowest BCUT2D eigenvalue weighted by Crippen LogP contribution is -2.17. The van der Waals surface area contributed by atoms with Gasteiger partial charge in [0, 0.05) is 5.41 Å². The summed E-state index contributed by atoms with van der Waals surface area (Å²) in [7, 11) is 0. The van der Waals surface area contributed by atoms with Crippen molar-refractivity contribution in [1.82, 2.24) is 0 Å². The Labute approximate surface area is 248 Å². The van der Waals surface area contributed by atoms with Crippen LogP contribution in [0.4, 0.5) is 0 Å². The second kappa shape index (κ2) is 35.7. The number of allylic oxidation sites excluding steroid dienone is 2. The predicted molar refractivity (Wildman–Crippen MR) is 189 cm³/mol. The number of rotatable bonds is 7. The first-order valence-corrected chi connectivity index (χ1v) is 15.6. The molecule has 0 aromatic heterocycles. The molecule has 0 spiro atoms. The van der Waals surface area contributed by atoms with E-state index in [0.717, 1.165) is 0 Å². The van der Waals surface area contributed by atoms with Gasteiger partial charge in [0.1, 0.15) is 0 Å². The van der Waals surface area contributed by atoms with E-state index in [4.69, 9.17) is 0 Å². The van der Waals surface area contributed by atoms with Gasteiger partial charge in [0.25, 0.3) is 0 Å². The Hall–Kier alpha value is -2.34. The molecule has 0 bridgehead atoms. The van der Waals surface area contributed by atoms with Crippen molar-refractivity contribution >= 4 is 6.08 Å². The van der Waals surface area contributed by atoms with Crippen LogP contribution in [0.5, 0.6) is 0 Å². The van der Waals surface area contributed by atoms with Gasteiger partial charge in [0.05, 0.1) is 0 Å². The first-order valence-electron chi connectivity index (χ1n) is 15.6. The highest BCUT2D eigenvalue weighted by atomic mass is 14.2. The van der Waals surface area contributed by atoms with Gasteiger partial charge in [-0.15, -0.1) is 6.58 Å². The van der Waals surface area contributed by atoms with Crippen LogP contribution in [0.2, 0.25) is 0 Å². The number of aryl methyl sites for hydroxylation is 2. The molecule has 39 heavy (non-hydrogen) atoms. The Morgan fingerprint density at radius 3 is 1.51 bits per heavy atom. The van der Waals surface area contributed by atoms with Crippen molar-refractivity contribution in [3.8, 4) is 0 Å². The number of hydrogen-bond acceptors (Lipinski definition) is 0. The van der Waals surface area contributed by atoms with E-state index in [1.165, 1.54) is 66.4 Å². The molecule has 0 nitrogen and oxygen atoms in total. The molecule has 0 saturated heterocycles. The lowest BCUT2D eigenvalue weighted by atomic mass is 9.79. The van der Waals surface area contributed by atoms with Gasteiger partial charge in [0.2, 0.25) is 0 Å². The van der Waals surface area contributed by atoms with Gasteiger partial charge < -0.3 is 0 Å². The minimum atomic E-state index is 0.0893. The minimum absolute atomic E-state index is 0.0893. The smallest absolute Gasteiger partial charge is 0.00997 e. The fourth-order valence-electron chi connectivity index (χ4n) is 2.44. The molecular weight excluding hydrogens is 468 g/mol. The van der Waals surface area contributed by atoms with E-state index >= 15 is 0 Å². The summed E-state index contributed by atoms with van der Waals surface area (Å²) in [6.07, 6.45) is 11.3. The van der Waals surface area contributed by atoms with Crippen molar-refractivity contribution in [3.05, 3.63) is 102 Å². The quantitative estimate of drug-likeness (QED) is 0.307. The Morgan fingerprint density at radius 1 is 0.744 bits per heavy atom. The van der Waals surface area contributed by atoms with E-state index in [2.05, 4.69) is 131 Å². The van der Waals surface area contributed by atoms with Gasteiger partial charge in [-0.05, 0) is 43.9 Å². The lowest BCUT2D eigenvalue weighted by Gasteiger charge is -2.26. The minimum Gasteiger partial charge on any atom is -0.103 e. The monoisotopic (exact) mass is 539 g/mol. The molecule has 0 aliphatic rings. The average Bonchev–Trinajstić information content (AvgIpc) is 2.96.